The summed E-state index contributed by atoms with van der Waals surface area (Å²) in [4.78, 5) is 12.3. The molecule has 2 aromatic rings. The normalized spacial score (nSPS) is 10.4. The summed E-state index contributed by atoms with van der Waals surface area (Å²) in [7, 11) is 0. The summed E-state index contributed by atoms with van der Waals surface area (Å²) in [6, 6.07) is 7.88. The van der Waals surface area contributed by atoms with Crippen LogP contribution in [-0.2, 0) is 19.4 Å². The maximum absolute atomic E-state index is 12.9. The molecule has 0 aliphatic heterocycles. The molecule has 0 amide bonds. The molecule has 108 valence electrons. The quantitative estimate of drug-likeness (QED) is 0.867. The van der Waals surface area contributed by atoms with Gasteiger partial charge in [-0.1, -0.05) is 26.0 Å². The van der Waals surface area contributed by atoms with Crippen LogP contribution in [0.1, 0.15) is 36.2 Å². The van der Waals surface area contributed by atoms with E-state index in [0.29, 0.717) is 12.8 Å². The van der Waals surface area contributed by atoms with Crippen molar-refractivity contribution in [3.05, 3.63) is 62.8 Å². The fraction of sp³-hybridized carbons (Fsp3) is 0.312. The van der Waals surface area contributed by atoms with Crippen LogP contribution in [0.4, 0.5) is 4.39 Å². The van der Waals surface area contributed by atoms with Gasteiger partial charge in [0.2, 0.25) is 0 Å². The molecule has 0 fully saturated rings. The zero-order valence-corrected chi connectivity index (χ0v) is 12.1. The first-order valence-corrected chi connectivity index (χ1v) is 6.88. The van der Waals surface area contributed by atoms with Crippen molar-refractivity contribution in [3.8, 4) is 6.07 Å². The van der Waals surface area contributed by atoms with Gasteiger partial charge in [0.15, 0.2) is 0 Å². The zero-order chi connectivity index (χ0) is 15.4. The highest BCUT2D eigenvalue weighted by atomic mass is 19.1. The molecule has 1 heterocycles. The van der Waals surface area contributed by atoms with E-state index in [4.69, 9.17) is 0 Å². The number of nitriles is 1. The lowest BCUT2D eigenvalue weighted by Crippen LogP contribution is -2.29. The van der Waals surface area contributed by atoms with Crippen LogP contribution >= 0.6 is 0 Å². The van der Waals surface area contributed by atoms with Gasteiger partial charge in [0.25, 0.3) is 5.56 Å². The van der Waals surface area contributed by atoms with Crippen molar-refractivity contribution in [1.29, 1.82) is 5.26 Å². The highest BCUT2D eigenvalue weighted by Gasteiger charge is 2.15. The van der Waals surface area contributed by atoms with Gasteiger partial charge in [-0.2, -0.15) is 10.4 Å². The van der Waals surface area contributed by atoms with Gasteiger partial charge in [-0.3, -0.25) is 4.79 Å². The molecule has 0 bridgehead atoms. The SMILES string of the molecule is CCc1nn(Cc2ccc(F)cc2)c(=O)c(C#N)c1CC. The molecular weight excluding hydrogens is 269 g/mol. The van der Waals surface area contributed by atoms with Crippen molar-refractivity contribution >= 4 is 0 Å². The molecule has 1 aromatic heterocycles. The number of aryl methyl sites for hydroxylation is 1. The molecule has 0 aliphatic rings. The monoisotopic (exact) mass is 285 g/mol. The van der Waals surface area contributed by atoms with Gasteiger partial charge >= 0.3 is 0 Å². The van der Waals surface area contributed by atoms with E-state index in [1.54, 1.807) is 12.1 Å². The first kappa shape index (κ1) is 14.9. The Kier molecular flexibility index (Phi) is 4.49. The van der Waals surface area contributed by atoms with Crippen molar-refractivity contribution in [2.24, 2.45) is 0 Å². The van der Waals surface area contributed by atoms with E-state index in [-0.39, 0.29) is 17.9 Å². The average Bonchev–Trinajstić information content (AvgIpc) is 2.50. The molecule has 0 unspecified atom stereocenters. The maximum Gasteiger partial charge on any atom is 0.285 e. The topological polar surface area (TPSA) is 58.7 Å². The van der Waals surface area contributed by atoms with E-state index in [9.17, 15) is 14.4 Å². The van der Waals surface area contributed by atoms with Gasteiger partial charge in [-0.25, -0.2) is 9.07 Å². The number of nitrogens with zero attached hydrogens (tertiary/aromatic N) is 3. The Morgan fingerprint density at radius 2 is 1.90 bits per heavy atom. The Labute approximate surface area is 122 Å². The van der Waals surface area contributed by atoms with Gasteiger partial charge in [0.1, 0.15) is 17.4 Å². The lowest BCUT2D eigenvalue weighted by molar-refractivity contribution is 0.605. The molecular formula is C16H16FN3O. The minimum Gasteiger partial charge on any atom is -0.266 e. The Morgan fingerprint density at radius 1 is 1.24 bits per heavy atom. The number of rotatable bonds is 4. The first-order valence-electron chi connectivity index (χ1n) is 6.88. The lowest BCUT2D eigenvalue weighted by atomic mass is 10.0. The Morgan fingerprint density at radius 3 is 2.43 bits per heavy atom. The van der Waals surface area contributed by atoms with E-state index >= 15 is 0 Å². The fourth-order valence-electron chi connectivity index (χ4n) is 2.30. The van der Waals surface area contributed by atoms with Gasteiger partial charge in [-0.05, 0) is 36.1 Å². The third kappa shape index (κ3) is 3.00. The Balaban J connectivity index is 2.52. The summed E-state index contributed by atoms with van der Waals surface area (Å²) in [6.45, 7) is 4.07. The summed E-state index contributed by atoms with van der Waals surface area (Å²) in [5, 5.41) is 13.6. The molecule has 4 nitrogen and oxygen atoms in total. The Bertz CT molecular complexity index is 742. The molecule has 0 saturated carbocycles. The molecule has 0 spiro atoms. The summed E-state index contributed by atoms with van der Waals surface area (Å²) < 4.78 is 14.2. The third-order valence-corrected chi connectivity index (χ3v) is 3.39. The van der Waals surface area contributed by atoms with Gasteiger partial charge in [-0.15, -0.1) is 0 Å². The van der Waals surface area contributed by atoms with Crippen LogP contribution in [0, 0.1) is 17.1 Å². The molecule has 21 heavy (non-hydrogen) atoms. The van der Waals surface area contributed by atoms with Crippen molar-refractivity contribution in [2.75, 3.05) is 0 Å². The van der Waals surface area contributed by atoms with E-state index in [1.165, 1.54) is 16.8 Å². The van der Waals surface area contributed by atoms with E-state index in [0.717, 1.165) is 16.8 Å². The van der Waals surface area contributed by atoms with Gasteiger partial charge in [0, 0.05) is 0 Å². The molecule has 5 heteroatoms. The maximum atomic E-state index is 12.9. The van der Waals surface area contributed by atoms with Crippen molar-refractivity contribution < 1.29 is 4.39 Å². The number of halogens is 1. The van der Waals surface area contributed by atoms with Crippen LogP contribution in [0.2, 0.25) is 0 Å². The van der Waals surface area contributed by atoms with Crippen LogP contribution in [-0.4, -0.2) is 9.78 Å². The number of benzene rings is 1. The molecule has 0 aliphatic carbocycles. The van der Waals surface area contributed by atoms with E-state index in [1.807, 2.05) is 19.9 Å². The molecule has 0 atom stereocenters. The summed E-state index contributed by atoms with van der Waals surface area (Å²) in [6.07, 6.45) is 1.26. The molecule has 2 rings (SSSR count). The van der Waals surface area contributed by atoms with Gasteiger partial charge < -0.3 is 0 Å². The van der Waals surface area contributed by atoms with Crippen LogP contribution in [0.15, 0.2) is 29.1 Å². The van der Waals surface area contributed by atoms with Crippen LogP contribution in [0.25, 0.3) is 0 Å². The highest BCUT2D eigenvalue weighted by molar-refractivity contribution is 5.38. The van der Waals surface area contributed by atoms with E-state index < -0.39 is 5.56 Å². The minimum atomic E-state index is -0.393. The van der Waals surface area contributed by atoms with Crippen LogP contribution in [0.3, 0.4) is 0 Å². The third-order valence-electron chi connectivity index (χ3n) is 3.39. The second-order valence-corrected chi connectivity index (χ2v) is 4.71. The molecule has 0 N–H and O–H groups in total. The minimum absolute atomic E-state index is 0.159. The van der Waals surface area contributed by atoms with Crippen LogP contribution < -0.4 is 5.56 Å². The number of hydrogen-bond donors (Lipinski definition) is 0. The van der Waals surface area contributed by atoms with E-state index in [2.05, 4.69) is 5.10 Å². The van der Waals surface area contributed by atoms with Gasteiger partial charge in [0.05, 0.1) is 12.2 Å². The van der Waals surface area contributed by atoms with Crippen molar-refractivity contribution in [1.82, 2.24) is 9.78 Å². The smallest absolute Gasteiger partial charge is 0.266 e. The fourth-order valence-corrected chi connectivity index (χ4v) is 2.30. The second-order valence-electron chi connectivity index (χ2n) is 4.71. The summed E-state index contributed by atoms with van der Waals surface area (Å²) in [5.41, 5.74) is 2.01. The lowest BCUT2D eigenvalue weighted by Gasteiger charge is -2.11. The number of aromatic nitrogens is 2. The van der Waals surface area contributed by atoms with Crippen LogP contribution in [0.5, 0.6) is 0 Å². The number of hydrogen-bond acceptors (Lipinski definition) is 3. The Hall–Kier alpha value is -2.48. The highest BCUT2D eigenvalue weighted by Crippen LogP contribution is 2.11. The predicted octanol–water partition coefficient (Wildman–Crippen LogP) is 2.43. The summed E-state index contributed by atoms with van der Waals surface area (Å²) >= 11 is 0. The first-order chi connectivity index (χ1) is 10.1. The van der Waals surface area contributed by atoms with Crippen molar-refractivity contribution in [2.45, 2.75) is 33.2 Å². The molecule has 0 saturated heterocycles. The standard InChI is InChI=1S/C16H16FN3O/c1-3-13-14(9-18)16(21)20(19-15(13)4-2)10-11-5-7-12(17)8-6-11/h5-8H,3-4,10H2,1-2H3. The molecule has 1 aromatic carbocycles. The predicted molar refractivity (Wildman–Crippen MR) is 77.5 cm³/mol. The molecule has 0 radical (unpaired) electrons. The van der Waals surface area contributed by atoms with Crippen molar-refractivity contribution in [3.63, 3.8) is 0 Å². The average molecular weight is 285 g/mol. The largest absolute Gasteiger partial charge is 0.285 e. The zero-order valence-electron chi connectivity index (χ0n) is 12.1. The second kappa shape index (κ2) is 6.31. The summed E-state index contributed by atoms with van der Waals surface area (Å²) in [5.74, 6) is -0.327.